The van der Waals surface area contributed by atoms with Crippen molar-refractivity contribution < 1.29 is 9.90 Å². The smallest absolute Gasteiger partial charge is 0.238 e. The summed E-state index contributed by atoms with van der Waals surface area (Å²) >= 11 is 0. The van der Waals surface area contributed by atoms with Crippen LogP contribution in [0, 0.1) is 0 Å². The first kappa shape index (κ1) is 11.4. The summed E-state index contributed by atoms with van der Waals surface area (Å²) in [6.07, 6.45) is 0. The van der Waals surface area contributed by atoms with Gasteiger partial charge >= 0.3 is 0 Å². The number of hydrogen-bond acceptors (Lipinski definition) is 4. The average Bonchev–Trinajstić information content (AvgIpc) is 2.19. The van der Waals surface area contributed by atoms with Crippen LogP contribution in [-0.4, -0.2) is 61.3 Å². The van der Waals surface area contributed by atoms with Gasteiger partial charge in [0.15, 0.2) is 0 Å². The molecule has 1 unspecified atom stereocenters. The lowest BCUT2D eigenvalue weighted by atomic mass is 10.2. The first-order valence-electron chi connectivity index (χ1n) is 5.13. The third-order valence-electron chi connectivity index (χ3n) is 2.40. The molecule has 1 heterocycles. The SMILES string of the molecule is CCNC(=O)C1CNCCN1CCO. The van der Waals surface area contributed by atoms with Gasteiger partial charge in [-0.05, 0) is 6.92 Å². The van der Waals surface area contributed by atoms with Crippen LogP contribution < -0.4 is 10.6 Å². The molecule has 5 heteroatoms. The van der Waals surface area contributed by atoms with E-state index >= 15 is 0 Å². The van der Waals surface area contributed by atoms with Gasteiger partial charge in [-0.1, -0.05) is 0 Å². The largest absolute Gasteiger partial charge is 0.395 e. The van der Waals surface area contributed by atoms with E-state index in [4.69, 9.17) is 5.11 Å². The third-order valence-corrected chi connectivity index (χ3v) is 2.40. The van der Waals surface area contributed by atoms with Crippen molar-refractivity contribution in [3.05, 3.63) is 0 Å². The molecule has 1 aliphatic rings. The number of amides is 1. The average molecular weight is 201 g/mol. The highest BCUT2D eigenvalue weighted by molar-refractivity contribution is 5.82. The molecule has 82 valence electrons. The van der Waals surface area contributed by atoms with E-state index in [0.717, 1.165) is 13.1 Å². The highest BCUT2D eigenvalue weighted by atomic mass is 16.3. The lowest BCUT2D eigenvalue weighted by Crippen LogP contribution is -2.58. The fourth-order valence-electron chi connectivity index (χ4n) is 1.69. The van der Waals surface area contributed by atoms with Crippen LogP contribution in [0.15, 0.2) is 0 Å². The number of likely N-dealkylation sites (N-methyl/N-ethyl adjacent to an activating group) is 1. The van der Waals surface area contributed by atoms with E-state index in [0.29, 0.717) is 19.6 Å². The van der Waals surface area contributed by atoms with Crippen molar-refractivity contribution in [3.63, 3.8) is 0 Å². The van der Waals surface area contributed by atoms with Crippen LogP contribution in [0.4, 0.5) is 0 Å². The Morgan fingerprint density at radius 1 is 1.71 bits per heavy atom. The monoisotopic (exact) mass is 201 g/mol. The normalized spacial score (nSPS) is 23.4. The maximum Gasteiger partial charge on any atom is 0.238 e. The van der Waals surface area contributed by atoms with Gasteiger partial charge in [-0.15, -0.1) is 0 Å². The highest BCUT2D eigenvalue weighted by Crippen LogP contribution is 2.02. The van der Waals surface area contributed by atoms with E-state index < -0.39 is 0 Å². The molecule has 14 heavy (non-hydrogen) atoms. The van der Waals surface area contributed by atoms with E-state index in [9.17, 15) is 4.79 Å². The van der Waals surface area contributed by atoms with E-state index in [1.54, 1.807) is 0 Å². The molecular weight excluding hydrogens is 182 g/mol. The summed E-state index contributed by atoms with van der Waals surface area (Å²) in [5.41, 5.74) is 0. The minimum Gasteiger partial charge on any atom is -0.395 e. The molecule has 0 aliphatic carbocycles. The second-order valence-electron chi connectivity index (χ2n) is 3.37. The van der Waals surface area contributed by atoms with Gasteiger partial charge in [0.25, 0.3) is 0 Å². The van der Waals surface area contributed by atoms with Crippen LogP contribution >= 0.6 is 0 Å². The van der Waals surface area contributed by atoms with Gasteiger partial charge in [-0.25, -0.2) is 0 Å². The molecule has 1 amide bonds. The molecule has 0 saturated carbocycles. The second-order valence-corrected chi connectivity index (χ2v) is 3.37. The van der Waals surface area contributed by atoms with Crippen molar-refractivity contribution in [1.29, 1.82) is 0 Å². The van der Waals surface area contributed by atoms with Crippen molar-refractivity contribution in [3.8, 4) is 0 Å². The zero-order chi connectivity index (χ0) is 10.4. The summed E-state index contributed by atoms with van der Waals surface area (Å²) in [5.74, 6) is 0.0492. The predicted octanol–water partition coefficient (Wildman–Crippen LogP) is -1.61. The Kier molecular flexibility index (Phi) is 4.86. The first-order valence-corrected chi connectivity index (χ1v) is 5.13. The Morgan fingerprint density at radius 2 is 2.50 bits per heavy atom. The van der Waals surface area contributed by atoms with Crippen molar-refractivity contribution in [1.82, 2.24) is 15.5 Å². The molecule has 1 saturated heterocycles. The van der Waals surface area contributed by atoms with Gasteiger partial charge in [0.05, 0.1) is 6.61 Å². The number of aliphatic hydroxyl groups is 1. The molecule has 1 atom stereocenters. The Bertz CT molecular complexity index is 185. The summed E-state index contributed by atoms with van der Waals surface area (Å²) in [5, 5.41) is 14.8. The van der Waals surface area contributed by atoms with Crippen molar-refractivity contribution in [2.24, 2.45) is 0 Å². The Labute approximate surface area is 84.5 Å². The maximum absolute atomic E-state index is 11.6. The Morgan fingerprint density at radius 3 is 3.14 bits per heavy atom. The molecule has 0 aromatic rings. The highest BCUT2D eigenvalue weighted by Gasteiger charge is 2.27. The zero-order valence-corrected chi connectivity index (χ0v) is 8.62. The number of rotatable bonds is 4. The van der Waals surface area contributed by atoms with E-state index in [1.165, 1.54) is 0 Å². The molecule has 3 N–H and O–H groups in total. The van der Waals surface area contributed by atoms with Crippen LogP contribution in [0.1, 0.15) is 6.92 Å². The summed E-state index contributed by atoms with van der Waals surface area (Å²) in [6.45, 7) is 5.62. The summed E-state index contributed by atoms with van der Waals surface area (Å²) < 4.78 is 0. The van der Waals surface area contributed by atoms with E-state index in [1.807, 2.05) is 11.8 Å². The maximum atomic E-state index is 11.6. The zero-order valence-electron chi connectivity index (χ0n) is 8.62. The first-order chi connectivity index (χ1) is 6.79. The molecular formula is C9H19N3O2. The van der Waals surface area contributed by atoms with Crippen molar-refractivity contribution >= 4 is 5.91 Å². The van der Waals surface area contributed by atoms with Crippen LogP contribution in [0.25, 0.3) is 0 Å². The van der Waals surface area contributed by atoms with Crippen LogP contribution in [-0.2, 0) is 4.79 Å². The standard InChI is InChI=1S/C9H19N3O2/c1-2-11-9(14)8-7-10-3-4-12(8)5-6-13/h8,10,13H,2-7H2,1H3,(H,11,14). The number of hydrogen-bond donors (Lipinski definition) is 3. The lowest BCUT2D eigenvalue weighted by molar-refractivity contribution is -0.127. The minimum absolute atomic E-state index is 0.0492. The lowest BCUT2D eigenvalue weighted by Gasteiger charge is -2.34. The topological polar surface area (TPSA) is 64.6 Å². The number of piperazine rings is 1. The van der Waals surface area contributed by atoms with Crippen molar-refractivity contribution in [2.75, 3.05) is 39.3 Å². The number of nitrogens with one attached hydrogen (secondary N) is 2. The third kappa shape index (κ3) is 2.94. The number of carbonyl (C=O) groups is 1. The van der Waals surface area contributed by atoms with Crippen molar-refractivity contribution in [2.45, 2.75) is 13.0 Å². The quantitative estimate of drug-likeness (QED) is 0.512. The molecule has 0 radical (unpaired) electrons. The number of aliphatic hydroxyl groups excluding tert-OH is 1. The summed E-state index contributed by atoms with van der Waals surface area (Å²) in [6, 6.07) is -0.129. The number of nitrogens with zero attached hydrogens (tertiary/aromatic N) is 1. The van der Waals surface area contributed by atoms with Gasteiger partial charge in [0.1, 0.15) is 6.04 Å². The molecule has 0 spiro atoms. The number of β-amino-alcohol motifs (C(OH)–C–C–N with tert-alkyl or cyclic N) is 1. The van der Waals surface area contributed by atoms with Crippen LogP contribution in [0.3, 0.4) is 0 Å². The molecule has 1 aliphatic heterocycles. The van der Waals surface area contributed by atoms with Gasteiger partial charge in [-0.2, -0.15) is 0 Å². The van der Waals surface area contributed by atoms with Gasteiger partial charge in [-0.3, -0.25) is 9.69 Å². The predicted molar refractivity (Wildman–Crippen MR) is 54.0 cm³/mol. The van der Waals surface area contributed by atoms with Gasteiger partial charge < -0.3 is 15.7 Å². The Hall–Kier alpha value is -0.650. The summed E-state index contributed by atoms with van der Waals surface area (Å²) in [7, 11) is 0. The summed E-state index contributed by atoms with van der Waals surface area (Å²) in [4.78, 5) is 13.6. The fourth-order valence-corrected chi connectivity index (χ4v) is 1.69. The van der Waals surface area contributed by atoms with Crippen LogP contribution in [0.5, 0.6) is 0 Å². The molecule has 1 fully saturated rings. The fraction of sp³-hybridized carbons (Fsp3) is 0.889. The molecule has 5 nitrogen and oxygen atoms in total. The van der Waals surface area contributed by atoms with Gasteiger partial charge in [0, 0.05) is 32.7 Å². The molecule has 0 aromatic heterocycles. The second kappa shape index (κ2) is 5.95. The molecule has 0 aromatic carbocycles. The Balaban J connectivity index is 2.48. The van der Waals surface area contributed by atoms with Gasteiger partial charge in [0.2, 0.25) is 5.91 Å². The van der Waals surface area contributed by atoms with E-state index in [-0.39, 0.29) is 18.6 Å². The molecule has 0 bridgehead atoms. The molecule has 1 rings (SSSR count). The number of carbonyl (C=O) groups excluding carboxylic acids is 1. The minimum atomic E-state index is -0.129. The van der Waals surface area contributed by atoms with Crippen LogP contribution in [0.2, 0.25) is 0 Å². The van der Waals surface area contributed by atoms with E-state index in [2.05, 4.69) is 10.6 Å².